The third-order valence-corrected chi connectivity index (χ3v) is 4.05. The minimum absolute atomic E-state index is 0.0891. The Morgan fingerprint density at radius 1 is 1.48 bits per heavy atom. The smallest absolute Gasteiger partial charge is 0.311 e. The Hall–Kier alpha value is -1.93. The topological polar surface area (TPSA) is 81.2 Å². The van der Waals surface area contributed by atoms with Gasteiger partial charge in [-0.05, 0) is 18.4 Å². The molecule has 8 heteroatoms. The van der Waals surface area contributed by atoms with Crippen LogP contribution in [0.2, 0.25) is 0 Å². The number of ether oxygens (including phenoxy) is 1. The van der Waals surface area contributed by atoms with Crippen LogP contribution in [0.5, 0.6) is 0 Å². The number of thiazole rings is 1. The molecule has 0 saturated heterocycles. The summed E-state index contributed by atoms with van der Waals surface area (Å²) in [6.07, 6.45) is 3.59. The van der Waals surface area contributed by atoms with Crippen LogP contribution in [0.15, 0.2) is 28.7 Å². The van der Waals surface area contributed by atoms with Crippen LogP contribution in [-0.4, -0.2) is 35.2 Å². The first kappa shape index (κ1) is 15.5. The Kier molecular flexibility index (Phi) is 5.29. The number of nitrogens with one attached hydrogen (secondary N) is 1. The number of aromatic nitrogens is 2. The van der Waals surface area contributed by atoms with Crippen molar-refractivity contribution >= 4 is 40.1 Å². The zero-order valence-corrected chi connectivity index (χ0v) is 13.1. The molecule has 0 aliphatic rings. The van der Waals surface area contributed by atoms with E-state index < -0.39 is 0 Å². The Morgan fingerprint density at radius 3 is 3.00 bits per heavy atom. The molecule has 0 unspecified atom stereocenters. The van der Waals surface area contributed by atoms with Gasteiger partial charge in [-0.2, -0.15) is 0 Å². The minimum Gasteiger partial charge on any atom is -0.469 e. The van der Waals surface area contributed by atoms with Crippen LogP contribution in [0.3, 0.4) is 0 Å². The normalized spacial score (nSPS) is 10.2. The van der Waals surface area contributed by atoms with Crippen molar-refractivity contribution in [1.82, 2.24) is 9.97 Å². The average molecular weight is 323 g/mol. The average Bonchev–Trinajstić information content (AvgIpc) is 2.93. The molecule has 0 aliphatic heterocycles. The number of nitrogens with zero attached hydrogens (tertiary/aromatic N) is 2. The number of anilines is 1. The Morgan fingerprint density at radius 2 is 2.29 bits per heavy atom. The summed E-state index contributed by atoms with van der Waals surface area (Å²) in [6.45, 7) is 0. The fourth-order valence-electron chi connectivity index (χ4n) is 1.56. The van der Waals surface area contributed by atoms with Crippen molar-refractivity contribution < 1.29 is 14.3 Å². The highest BCUT2D eigenvalue weighted by Gasteiger charge is 2.14. The van der Waals surface area contributed by atoms with E-state index in [1.54, 1.807) is 23.7 Å². The van der Waals surface area contributed by atoms with Gasteiger partial charge in [0.25, 0.3) is 5.91 Å². The number of rotatable bonds is 5. The lowest BCUT2D eigenvalue weighted by Gasteiger charge is -2.05. The second-order valence-corrected chi connectivity index (χ2v) is 5.56. The number of carbonyl (C=O) groups is 2. The first-order valence-electron chi connectivity index (χ1n) is 5.95. The van der Waals surface area contributed by atoms with Gasteiger partial charge in [-0.25, -0.2) is 9.97 Å². The zero-order chi connectivity index (χ0) is 15.2. The van der Waals surface area contributed by atoms with Gasteiger partial charge >= 0.3 is 5.97 Å². The van der Waals surface area contributed by atoms with Gasteiger partial charge in [0.1, 0.15) is 5.03 Å². The van der Waals surface area contributed by atoms with Crippen LogP contribution >= 0.6 is 23.1 Å². The van der Waals surface area contributed by atoms with Gasteiger partial charge in [-0.15, -0.1) is 23.1 Å². The predicted octanol–water partition coefficient (Wildman–Crippen LogP) is 2.23. The van der Waals surface area contributed by atoms with Gasteiger partial charge in [0.15, 0.2) is 5.13 Å². The molecular formula is C13H13N3O3S2. The first-order valence-corrected chi connectivity index (χ1v) is 8.06. The van der Waals surface area contributed by atoms with E-state index >= 15 is 0 Å². The SMILES string of the molecule is COC(=O)Cc1csc(NC(=O)c2cccnc2SC)n1. The van der Waals surface area contributed by atoms with Gasteiger partial charge in [-0.1, -0.05) is 0 Å². The van der Waals surface area contributed by atoms with Gasteiger partial charge < -0.3 is 4.74 Å². The van der Waals surface area contributed by atoms with Crippen molar-refractivity contribution in [3.05, 3.63) is 35.0 Å². The van der Waals surface area contributed by atoms with E-state index in [2.05, 4.69) is 20.0 Å². The molecule has 6 nitrogen and oxygen atoms in total. The van der Waals surface area contributed by atoms with Crippen LogP contribution in [0.1, 0.15) is 16.1 Å². The molecule has 1 N–H and O–H groups in total. The van der Waals surface area contributed by atoms with Gasteiger partial charge in [0.05, 0.1) is 24.8 Å². The minimum atomic E-state index is -0.366. The van der Waals surface area contributed by atoms with Crippen LogP contribution in [0.25, 0.3) is 0 Å². The second-order valence-electron chi connectivity index (χ2n) is 3.91. The number of amides is 1. The number of pyridine rings is 1. The number of hydrogen-bond acceptors (Lipinski definition) is 7. The summed E-state index contributed by atoms with van der Waals surface area (Å²) < 4.78 is 4.57. The molecule has 0 saturated carbocycles. The van der Waals surface area contributed by atoms with Crippen LogP contribution in [0.4, 0.5) is 5.13 Å². The summed E-state index contributed by atoms with van der Waals surface area (Å²) >= 11 is 2.66. The number of esters is 1. The lowest BCUT2D eigenvalue weighted by atomic mass is 10.3. The van der Waals surface area contributed by atoms with Crippen molar-refractivity contribution in [1.29, 1.82) is 0 Å². The van der Waals surface area contributed by atoms with Crippen LogP contribution in [0, 0.1) is 0 Å². The highest BCUT2D eigenvalue weighted by atomic mass is 32.2. The fraction of sp³-hybridized carbons (Fsp3) is 0.231. The van der Waals surface area contributed by atoms with Crippen molar-refractivity contribution in [2.45, 2.75) is 11.4 Å². The molecule has 0 atom stereocenters. The van der Waals surface area contributed by atoms with E-state index in [0.717, 1.165) is 0 Å². The maximum absolute atomic E-state index is 12.2. The molecular weight excluding hydrogens is 310 g/mol. The molecule has 110 valence electrons. The van der Waals surface area contributed by atoms with Crippen molar-refractivity contribution in [3.8, 4) is 0 Å². The van der Waals surface area contributed by atoms with Crippen molar-refractivity contribution in [3.63, 3.8) is 0 Å². The lowest BCUT2D eigenvalue weighted by molar-refractivity contribution is -0.139. The monoisotopic (exact) mass is 323 g/mol. The van der Waals surface area contributed by atoms with E-state index in [0.29, 0.717) is 21.4 Å². The largest absolute Gasteiger partial charge is 0.469 e. The van der Waals surface area contributed by atoms with E-state index in [1.165, 1.54) is 30.2 Å². The summed E-state index contributed by atoms with van der Waals surface area (Å²) in [5.74, 6) is -0.637. The second kappa shape index (κ2) is 7.19. The predicted molar refractivity (Wildman–Crippen MR) is 81.8 cm³/mol. The van der Waals surface area contributed by atoms with E-state index in [-0.39, 0.29) is 18.3 Å². The highest BCUT2D eigenvalue weighted by Crippen LogP contribution is 2.20. The number of carbonyl (C=O) groups excluding carboxylic acids is 2. The quantitative estimate of drug-likeness (QED) is 0.671. The molecule has 0 fully saturated rings. The summed E-state index contributed by atoms with van der Waals surface area (Å²) in [4.78, 5) is 31.7. The van der Waals surface area contributed by atoms with E-state index in [9.17, 15) is 9.59 Å². The van der Waals surface area contributed by atoms with Crippen molar-refractivity contribution in [2.24, 2.45) is 0 Å². The summed E-state index contributed by atoms with van der Waals surface area (Å²) in [5, 5.41) is 5.51. The standard InChI is InChI=1S/C13H13N3O3S2/c1-19-10(17)6-8-7-21-13(15-8)16-11(18)9-4-3-5-14-12(9)20-2/h3-5,7H,6H2,1-2H3,(H,15,16,18). The van der Waals surface area contributed by atoms with Gasteiger partial charge in [0.2, 0.25) is 0 Å². The number of hydrogen-bond donors (Lipinski definition) is 1. The molecule has 0 radical (unpaired) electrons. The summed E-state index contributed by atoms with van der Waals surface area (Å²) in [5.41, 5.74) is 1.06. The maximum atomic E-state index is 12.2. The van der Waals surface area contributed by atoms with E-state index in [1.807, 2.05) is 6.26 Å². The molecule has 0 aliphatic carbocycles. The third kappa shape index (κ3) is 4.02. The molecule has 0 aromatic carbocycles. The van der Waals surface area contributed by atoms with Crippen LogP contribution in [-0.2, 0) is 16.0 Å². The Labute approximate surface area is 130 Å². The van der Waals surface area contributed by atoms with Gasteiger partial charge in [0, 0.05) is 11.6 Å². The molecule has 0 spiro atoms. The third-order valence-electron chi connectivity index (χ3n) is 2.53. The highest BCUT2D eigenvalue weighted by molar-refractivity contribution is 7.98. The summed E-state index contributed by atoms with van der Waals surface area (Å²) in [7, 11) is 1.32. The van der Waals surface area contributed by atoms with Crippen molar-refractivity contribution in [2.75, 3.05) is 18.7 Å². The summed E-state index contributed by atoms with van der Waals surface area (Å²) in [6, 6.07) is 3.41. The molecule has 2 heterocycles. The first-order chi connectivity index (χ1) is 10.1. The Bertz CT molecular complexity index is 658. The zero-order valence-electron chi connectivity index (χ0n) is 11.5. The maximum Gasteiger partial charge on any atom is 0.311 e. The Balaban J connectivity index is 2.08. The number of thioether (sulfide) groups is 1. The van der Waals surface area contributed by atoms with Gasteiger partial charge in [-0.3, -0.25) is 14.9 Å². The molecule has 2 aromatic heterocycles. The molecule has 21 heavy (non-hydrogen) atoms. The molecule has 2 rings (SSSR count). The molecule has 2 aromatic rings. The molecule has 0 bridgehead atoms. The lowest BCUT2D eigenvalue weighted by Crippen LogP contribution is -2.13. The number of methoxy groups -OCH3 is 1. The molecule has 1 amide bonds. The fourth-order valence-corrected chi connectivity index (χ4v) is 2.81. The van der Waals surface area contributed by atoms with E-state index in [4.69, 9.17) is 0 Å². The van der Waals surface area contributed by atoms with Crippen LogP contribution < -0.4 is 5.32 Å².